The Labute approximate surface area is 135 Å². The topological polar surface area (TPSA) is 120 Å². The van der Waals surface area contributed by atoms with Gasteiger partial charge in [0.1, 0.15) is 5.56 Å². The van der Waals surface area contributed by atoms with Gasteiger partial charge in [-0.2, -0.15) is 0 Å². The van der Waals surface area contributed by atoms with E-state index in [1.165, 1.54) is 19.4 Å². The first-order valence-electron chi connectivity index (χ1n) is 5.83. The number of hydrogen-bond acceptors (Lipinski definition) is 5. The van der Waals surface area contributed by atoms with E-state index in [9.17, 15) is 9.59 Å². The van der Waals surface area contributed by atoms with Gasteiger partial charge in [-0.3, -0.25) is 9.59 Å². The molecule has 1 heterocycles. The third-order valence-corrected chi connectivity index (χ3v) is 2.42. The molecule has 21 heavy (non-hydrogen) atoms. The summed E-state index contributed by atoms with van der Waals surface area (Å²) in [4.78, 5) is 26.7. The summed E-state index contributed by atoms with van der Waals surface area (Å²) in [6.07, 6.45) is 2.28. The lowest BCUT2D eigenvalue weighted by molar-refractivity contribution is -0.116. The molecule has 7 nitrogen and oxygen atoms in total. The number of aromatic nitrogens is 1. The van der Waals surface area contributed by atoms with Crippen LogP contribution in [0.1, 0.15) is 30.1 Å². The normalized spacial score (nSPS) is 10.6. The van der Waals surface area contributed by atoms with Gasteiger partial charge in [0.25, 0.3) is 5.91 Å². The number of primary amides is 1. The van der Waals surface area contributed by atoms with Gasteiger partial charge in [0.15, 0.2) is 0 Å². The number of halogens is 2. The van der Waals surface area contributed by atoms with Crippen molar-refractivity contribution in [2.24, 2.45) is 11.5 Å². The monoisotopic (exact) mass is 338 g/mol. The van der Waals surface area contributed by atoms with Crippen LogP contribution in [-0.2, 0) is 4.79 Å². The summed E-state index contributed by atoms with van der Waals surface area (Å²) in [5, 5.41) is 2.62. The molecule has 0 spiro atoms. The Bertz CT molecular complexity index is 484. The van der Waals surface area contributed by atoms with Crippen molar-refractivity contribution in [1.29, 1.82) is 0 Å². The van der Waals surface area contributed by atoms with Crippen molar-refractivity contribution in [2.45, 2.75) is 25.8 Å². The van der Waals surface area contributed by atoms with Crippen molar-refractivity contribution >= 4 is 42.3 Å². The van der Waals surface area contributed by atoms with Crippen molar-refractivity contribution in [1.82, 2.24) is 4.98 Å². The van der Waals surface area contributed by atoms with Crippen LogP contribution in [0.15, 0.2) is 12.3 Å². The van der Waals surface area contributed by atoms with E-state index in [-0.39, 0.29) is 48.2 Å². The van der Waals surface area contributed by atoms with Crippen molar-refractivity contribution in [3.05, 3.63) is 17.8 Å². The summed E-state index contributed by atoms with van der Waals surface area (Å²) in [5.74, 6) is -0.739. The number of amides is 2. The number of carbonyl (C=O) groups is 2. The van der Waals surface area contributed by atoms with Crippen LogP contribution in [0.4, 0.5) is 5.69 Å². The van der Waals surface area contributed by atoms with Crippen LogP contribution >= 0.6 is 24.8 Å². The molecule has 1 rings (SSSR count). The van der Waals surface area contributed by atoms with Gasteiger partial charge in [0, 0.05) is 12.5 Å². The highest BCUT2D eigenvalue weighted by molar-refractivity contribution is 5.97. The number of nitrogens with zero attached hydrogens (tertiary/aromatic N) is 1. The fourth-order valence-electron chi connectivity index (χ4n) is 1.44. The predicted octanol–water partition coefficient (Wildman–Crippen LogP) is 1.10. The van der Waals surface area contributed by atoms with E-state index < -0.39 is 5.91 Å². The highest BCUT2D eigenvalue weighted by Gasteiger charge is 2.12. The molecule has 1 aromatic heterocycles. The number of nitrogens with one attached hydrogen (secondary N) is 1. The molecule has 0 aliphatic carbocycles. The van der Waals surface area contributed by atoms with Gasteiger partial charge in [-0.1, -0.05) is 0 Å². The predicted molar refractivity (Wildman–Crippen MR) is 85.3 cm³/mol. The third kappa shape index (κ3) is 7.12. The molecule has 0 aromatic carbocycles. The number of carbonyl (C=O) groups excluding carboxylic acids is 2. The van der Waals surface area contributed by atoms with Crippen LogP contribution in [0.2, 0.25) is 0 Å². The molecule has 5 N–H and O–H groups in total. The highest BCUT2D eigenvalue weighted by atomic mass is 35.5. The third-order valence-electron chi connectivity index (χ3n) is 2.42. The van der Waals surface area contributed by atoms with E-state index in [0.29, 0.717) is 18.5 Å². The van der Waals surface area contributed by atoms with Gasteiger partial charge in [-0.15, -0.1) is 24.8 Å². The number of pyridine rings is 1. The molecule has 0 saturated heterocycles. The Hall–Kier alpha value is -1.57. The Morgan fingerprint density at radius 3 is 2.52 bits per heavy atom. The van der Waals surface area contributed by atoms with Crippen LogP contribution in [0.3, 0.4) is 0 Å². The summed E-state index contributed by atoms with van der Waals surface area (Å²) < 4.78 is 4.90. The largest absolute Gasteiger partial charge is 0.480 e. The van der Waals surface area contributed by atoms with Gasteiger partial charge in [-0.05, 0) is 19.4 Å². The molecule has 0 radical (unpaired) electrons. The van der Waals surface area contributed by atoms with Crippen molar-refractivity contribution in [3.63, 3.8) is 0 Å². The van der Waals surface area contributed by atoms with Crippen LogP contribution in [0.25, 0.3) is 0 Å². The van der Waals surface area contributed by atoms with Crippen molar-refractivity contribution in [3.8, 4) is 5.88 Å². The molecule has 1 unspecified atom stereocenters. The minimum Gasteiger partial charge on any atom is -0.480 e. The van der Waals surface area contributed by atoms with E-state index in [0.717, 1.165) is 0 Å². The zero-order valence-corrected chi connectivity index (χ0v) is 13.4. The molecule has 1 aromatic rings. The van der Waals surface area contributed by atoms with E-state index in [1.54, 1.807) is 0 Å². The zero-order valence-electron chi connectivity index (χ0n) is 11.8. The van der Waals surface area contributed by atoms with Crippen LogP contribution in [0.5, 0.6) is 5.88 Å². The SMILES string of the molecule is COc1ncc(NC(=O)CCC(C)N)cc1C(N)=O.Cl.Cl. The Kier molecular flexibility index (Phi) is 10.6. The fraction of sp³-hybridized carbons (Fsp3) is 0.417. The first-order chi connectivity index (χ1) is 8.93. The minimum atomic E-state index is -0.670. The van der Waals surface area contributed by atoms with Gasteiger partial charge in [-0.25, -0.2) is 4.98 Å². The molecule has 0 bridgehead atoms. The molecular weight excluding hydrogens is 319 g/mol. The molecule has 0 aliphatic heterocycles. The molecule has 1 atom stereocenters. The van der Waals surface area contributed by atoms with Gasteiger partial charge < -0.3 is 21.5 Å². The van der Waals surface area contributed by atoms with Crippen molar-refractivity contribution in [2.75, 3.05) is 12.4 Å². The second kappa shape index (κ2) is 10.2. The number of nitrogens with two attached hydrogens (primary N) is 2. The number of hydrogen-bond donors (Lipinski definition) is 3. The second-order valence-electron chi connectivity index (χ2n) is 4.21. The number of ether oxygens (including phenoxy) is 1. The lowest BCUT2D eigenvalue weighted by atomic mass is 10.2. The maximum Gasteiger partial charge on any atom is 0.254 e. The number of methoxy groups -OCH3 is 1. The summed E-state index contributed by atoms with van der Waals surface area (Å²) in [6.45, 7) is 1.83. The summed E-state index contributed by atoms with van der Waals surface area (Å²) in [5.41, 5.74) is 11.3. The Balaban J connectivity index is 0. The van der Waals surface area contributed by atoms with Crippen LogP contribution < -0.4 is 21.5 Å². The molecule has 0 saturated carbocycles. The lowest BCUT2D eigenvalue weighted by Crippen LogP contribution is -2.20. The van der Waals surface area contributed by atoms with E-state index in [1.807, 2.05) is 6.92 Å². The quantitative estimate of drug-likeness (QED) is 0.717. The van der Waals surface area contributed by atoms with Crippen LogP contribution in [0, 0.1) is 0 Å². The first kappa shape index (κ1) is 21.7. The summed E-state index contributed by atoms with van der Waals surface area (Å²) in [6, 6.07) is 1.39. The second-order valence-corrected chi connectivity index (χ2v) is 4.21. The molecule has 9 heteroatoms. The molecule has 0 aliphatic rings. The smallest absolute Gasteiger partial charge is 0.254 e. The molecule has 2 amide bonds. The van der Waals surface area contributed by atoms with E-state index >= 15 is 0 Å². The van der Waals surface area contributed by atoms with Gasteiger partial charge >= 0.3 is 0 Å². The zero-order chi connectivity index (χ0) is 14.4. The average Bonchev–Trinajstić information content (AvgIpc) is 2.36. The maximum absolute atomic E-state index is 11.6. The Morgan fingerprint density at radius 2 is 2.05 bits per heavy atom. The van der Waals surface area contributed by atoms with E-state index in [2.05, 4.69) is 10.3 Å². The average molecular weight is 339 g/mol. The number of rotatable bonds is 6. The lowest BCUT2D eigenvalue weighted by Gasteiger charge is -2.09. The molecule has 120 valence electrons. The standard InChI is InChI=1S/C12H18N4O3.2ClH/c1-7(13)3-4-10(17)16-8-5-9(11(14)18)12(19-2)15-6-8;;/h5-7H,3-4,13H2,1-2H3,(H2,14,18)(H,16,17);2*1H. The molecule has 0 fully saturated rings. The van der Waals surface area contributed by atoms with E-state index in [4.69, 9.17) is 16.2 Å². The minimum absolute atomic E-state index is 0. The highest BCUT2D eigenvalue weighted by Crippen LogP contribution is 2.18. The summed E-state index contributed by atoms with van der Waals surface area (Å²) >= 11 is 0. The summed E-state index contributed by atoms with van der Waals surface area (Å²) in [7, 11) is 1.38. The van der Waals surface area contributed by atoms with Crippen LogP contribution in [-0.4, -0.2) is 29.9 Å². The maximum atomic E-state index is 11.6. The van der Waals surface area contributed by atoms with Gasteiger partial charge in [0.05, 0.1) is 19.0 Å². The van der Waals surface area contributed by atoms with Gasteiger partial charge in [0.2, 0.25) is 11.8 Å². The first-order valence-corrected chi connectivity index (χ1v) is 5.83. The Morgan fingerprint density at radius 1 is 1.43 bits per heavy atom. The molecular formula is C12H20Cl2N4O3. The van der Waals surface area contributed by atoms with Crippen molar-refractivity contribution < 1.29 is 14.3 Å². The number of anilines is 1. The fourth-order valence-corrected chi connectivity index (χ4v) is 1.44.